The Morgan fingerprint density at radius 3 is 2.16 bits per heavy atom. The van der Waals surface area contributed by atoms with Crippen molar-refractivity contribution in [3.63, 3.8) is 0 Å². The molecule has 0 spiro atoms. The molecule has 1 aliphatic carbocycles. The third kappa shape index (κ3) is 6.58. The zero-order chi connectivity index (χ0) is 27.1. The molecule has 0 aliphatic heterocycles. The molecule has 4 rings (SSSR count). The number of halogens is 4. The molecule has 0 N–H and O–H groups in total. The molecule has 0 radical (unpaired) electrons. The molecule has 38 heavy (non-hydrogen) atoms. The number of ether oxygens (including phenoxy) is 2. The third-order valence-electron chi connectivity index (χ3n) is 7.46. The summed E-state index contributed by atoms with van der Waals surface area (Å²) in [4.78, 5) is 0. The number of hydrogen-bond donors (Lipinski definition) is 0. The zero-order valence-corrected chi connectivity index (χ0v) is 22.2. The molecule has 0 saturated heterocycles. The van der Waals surface area contributed by atoms with Crippen molar-refractivity contribution in [2.75, 3.05) is 6.61 Å². The number of rotatable bonds is 11. The van der Waals surface area contributed by atoms with Crippen LogP contribution in [-0.2, 0) is 17.8 Å². The van der Waals surface area contributed by atoms with Crippen LogP contribution in [0.1, 0.15) is 81.4 Å². The van der Waals surface area contributed by atoms with Crippen LogP contribution in [0.15, 0.2) is 48.5 Å². The third-order valence-corrected chi connectivity index (χ3v) is 7.46. The van der Waals surface area contributed by atoms with Gasteiger partial charge in [-0.25, -0.2) is 13.2 Å². The molecule has 1 aliphatic rings. The number of aryl methyl sites for hydroxylation is 1. The van der Waals surface area contributed by atoms with Crippen molar-refractivity contribution in [2.24, 2.45) is 0 Å². The second-order valence-electron chi connectivity index (χ2n) is 10.1. The van der Waals surface area contributed by atoms with E-state index in [9.17, 15) is 17.6 Å². The number of unbranched alkanes of at least 4 members (excludes halogenated alkanes) is 2. The zero-order valence-electron chi connectivity index (χ0n) is 22.2. The smallest absolute Gasteiger partial charge is 0.200 e. The highest BCUT2D eigenvalue weighted by Crippen LogP contribution is 2.38. The second kappa shape index (κ2) is 13.3. The molecule has 0 amide bonds. The molecular formula is C32H36F4O2. The fourth-order valence-electron chi connectivity index (χ4n) is 5.23. The van der Waals surface area contributed by atoms with E-state index in [2.05, 4.69) is 6.92 Å². The van der Waals surface area contributed by atoms with Crippen LogP contribution in [0.4, 0.5) is 17.6 Å². The standard InChI is InChI=1S/C32H36F4O2/c1-3-5-6-7-21-8-10-22(11-9-21)26-17-14-24(29(33)30(26)34)20-38-25-15-12-23(13-16-25)27-18-19-28(37-4-2)32(36)31(27)35/h8-11,14,17-19,23,25H,3-7,12-13,15-16,20H2,1-2H3. The Morgan fingerprint density at radius 1 is 0.737 bits per heavy atom. The first-order valence-electron chi connectivity index (χ1n) is 13.7. The van der Waals surface area contributed by atoms with Gasteiger partial charge in [0.1, 0.15) is 0 Å². The monoisotopic (exact) mass is 528 g/mol. The molecule has 0 unspecified atom stereocenters. The molecule has 1 saturated carbocycles. The van der Waals surface area contributed by atoms with Crippen molar-refractivity contribution in [1.82, 2.24) is 0 Å². The Bertz CT molecular complexity index is 1200. The first-order valence-corrected chi connectivity index (χ1v) is 13.7. The van der Waals surface area contributed by atoms with Gasteiger partial charge in [0.2, 0.25) is 5.82 Å². The van der Waals surface area contributed by atoms with Gasteiger partial charge in [0.15, 0.2) is 23.2 Å². The Hall–Kier alpha value is -2.86. The van der Waals surface area contributed by atoms with Gasteiger partial charge < -0.3 is 9.47 Å². The molecule has 0 bridgehead atoms. The molecule has 0 heterocycles. The summed E-state index contributed by atoms with van der Waals surface area (Å²) in [6.45, 7) is 4.10. The lowest BCUT2D eigenvalue weighted by Gasteiger charge is -2.29. The van der Waals surface area contributed by atoms with Crippen LogP contribution in [0, 0.1) is 23.3 Å². The summed E-state index contributed by atoms with van der Waals surface area (Å²) in [6.07, 6.45) is 6.79. The van der Waals surface area contributed by atoms with Gasteiger partial charge in [-0.15, -0.1) is 0 Å². The Labute approximate surface area is 223 Å². The van der Waals surface area contributed by atoms with Crippen LogP contribution < -0.4 is 4.74 Å². The molecular weight excluding hydrogens is 492 g/mol. The van der Waals surface area contributed by atoms with Gasteiger partial charge in [-0.05, 0) is 74.1 Å². The van der Waals surface area contributed by atoms with Crippen LogP contribution >= 0.6 is 0 Å². The van der Waals surface area contributed by atoms with E-state index in [1.54, 1.807) is 25.1 Å². The lowest BCUT2D eigenvalue weighted by Crippen LogP contribution is -2.21. The van der Waals surface area contributed by atoms with Gasteiger partial charge in [-0.1, -0.05) is 62.2 Å². The summed E-state index contributed by atoms with van der Waals surface area (Å²) in [5, 5.41) is 0. The average molecular weight is 529 g/mol. The highest BCUT2D eigenvalue weighted by atomic mass is 19.2. The summed E-state index contributed by atoms with van der Waals surface area (Å²) in [7, 11) is 0. The van der Waals surface area contributed by atoms with Crippen LogP contribution in [0.5, 0.6) is 5.75 Å². The lowest BCUT2D eigenvalue weighted by molar-refractivity contribution is 0.0116. The maximum absolute atomic E-state index is 14.9. The van der Waals surface area contributed by atoms with Crippen LogP contribution in [0.3, 0.4) is 0 Å². The fourth-order valence-corrected chi connectivity index (χ4v) is 5.23. The van der Waals surface area contributed by atoms with Gasteiger partial charge in [0.05, 0.1) is 19.3 Å². The Morgan fingerprint density at radius 2 is 1.47 bits per heavy atom. The maximum atomic E-state index is 14.9. The molecule has 6 heteroatoms. The first kappa shape index (κ1) is 28.2. The predicted molar refractivity (Wildman–Crippen MR) is 142 cm³/mol. The van der Waals surface area contributed by atoms with E-state index in [-0.39, 0.29) is 42.1 Å². The average Bonchev–Trinajstić information content (AvgIpc) is 2.93. The summed E-state index contributed by atoms with van der Waals surface area (Å²) < 4.78 is 69.8. The summed E-state index contributed by atoms with van der Waals surface area (Å²) in [5.74, 6) is -3.77. The van der Waals surface area contributed by atoms with Crippen LogP contribution in [0.25, 0.3) is 11.1 Å². The minimum absolute atomic E-state index is 0.0409. The molecule has 204 valence electrons. The van der Waals surface area contributed by atoms with E-state index >= 15 is 0 Å². The minimum atomic E-state index is -0.952. The molecule has 1 fully saturated rings. The van der Waals surface area contributed by atoms with Crippen molar-refractivity contribution in [3.05, 3.63) is 88.5 Å². The van der Waals surface area contributed by atoms with Crippen LogP contribution in [0.2, 0.25) is 0 Å². The van der Waals surface area contributed by atoms with Gasteiger partial charge in [-0.2, -0.15) is 4.39 Å². The number of benzene rings is 3. The van der Waals surface area contributed by atoms with Crippen LogP contribution in [-0.4, -0.2) is 12.7 Å². The highest BCUT2D eigenvalue weighted by molar-refractivity contribution is 5.65. The van der Waals surface area contributed by atoms with Gasteiger partial charge in [0.25, 0.3) is 0 Å². The lowest BCUT2D eigenvalue weighted by atomic mass is 9.82. The SMILES string of the molecule is CCCCCc1ccc(-c2ccc(COC3CCC(c4ccc(OCC)c(F)c4F)CC3)c(F)c2F)cc1. The topological polar surface area (TPSA) is 18.5 Å². The first-order chi connectivity index (χ1) is 18.4. The van der Waals surface area contributed by atoms with Gasteiger partial charge in [0, 0.05) is 11.1 Å². The van der Waals surface area contributed by atoms with E-state index in [0.29, 0.717) is 36.8 Å². The Balaban J connectivity index is 1.33. The summed E-state index contributed by atoms with van der Waals surface area (Å²) in [5.41, 5.74) is 2.59. The fraction of sp³-hybridized carbons (Fsp3) is 0.438. The maximum Gasteiger partial charge on any atom is 0.200 e. The van der Waals surface area contributed by atoms with E-state index in [0.717, 1.165) is 19.3 Å². The van der Waals surface area contributed by atoms with Gasteiger partial charge in [-0.3, -0.25) is 0 Å². The van der Waals surface area contributed by atoms with Crippen molar-refractivity contribution in [2.45, 2.75) is 83.8 Å². The largest absolute Gasteiger partial charge is 0.491 e. The Kier molecular flexibility index (Phi) is 9.84. The highest BCUT2D eigenvalue weighted by Gasteiger charge is 2.27. The quantitative estimate of drug-likeness (QED) is 0.182. The number of hydrogen-bond acceptors (Lipinski definition) is 2. The van der Waals surface area contributed by atoms with E-state index < -0.39 is 23.3 Å². The van der Waals surface area contributed by atoms with Crippen molar-refractivity contribution in [3.8, 4) is 16.9 Å². The van der Waals surface area contributed by atoms with E-state index in [1.165, 1.54) is 18.1 Å². The molecule has 0 aromatic heterocycles. The van der Waals surface area contributed by atoms with Gasteiger partial charge >= 0.3 is 0 Å². The molecule has 3 aromatic rings. The summed E-state index contributed by atoms with van der Waals surface area (Å²) >= 11 is 0. The normalized spacial score (nSPS) is 17.5. The van der Waals surface area contributed by atoms with E-state index in [4.69, 9.17) is 9.47 Å². The molecule has 3 aromatic carbocycles. The predicted octanol–water partition coefficient (Wildman–Crippen LogP) is 9.28. The second-order valence-corrected chi connectivity index (χ2v) is 10.1. The van der Waals surface area contributed by atoms with Crippen molar-refractivity contribution < 1.29 is 27.0 Å². The van der Waals surface area contributed by atoms with Crippen molar-refractivity contribution in [1.29, 1.82) is 0 Å². The van der Waals surface area contributed by atoms with Crippen molar-refractivity contribution >= 4 is 0 Å². The molecule has 0 atom stereocenters. The van der Waals surface area contributed by atoms with E-state index in [1.807, 2.05) is 24.3 Å². The minimum Gasteiger partial charge on any atom is -0.491 e. The summed E-state index contributed by atoms with van der Waals surface area (Å²) in [6, 6.07) is 13.9. The molecule has 2 nitrogen and oxygen atoms in total.